The maximum absolute atomic E-state index is 13.1. The number of rotatable bonds is 6. The molecule has 0 spiro atoms. The van der Waals surface area contributed by atoms with Crippen molar-refractivity contribution in [2.75, 3.05) is 13.1 Å². The first kappa shape index (κ1) is 26.8. The standard InChI is InChI=1S/C25H26F3N3O5S/c1-16(25(26,27)28)13-24(34)9-11-31(12-10-24)23(33)18-7-5-17(6-8-18)14-37(35,36)20-4-2-3-19-21(20)29-15-30-22(19)32/h2-8,15-16,34H,9-14H2,1H3,(H,29,30,32). The number of carbonyl (C=O) groups is 1. The first-order valence-electron chi connectivity index (χ1n) is 11.7. The SMILES string of the molecule is CC(CC1(O)CCN(C(=O)c2ccc(CS(=O)(=O)c3cccc4c(=O)[nH]cnc34)cc2)CC1)C(F)(F)F. The Morgan fingerprint density at radius 3 is 2.43 bits per heavy atom. The van der Waals surface area contributed by atoms with Gasteiger partial charge in [-0.1, -0.05) is 25.1 Å². The number of halogens is 3. The lowest BCUT2D eigenvalue weighted by Gasteiger charge is -2.39. The zero-order valence-corrected chi connectivity index (χ0v) is 20.8. The second-order valence-electron chi connectivity index (χ2n) is 9.50. The molecule has 0 bridgehead atoms. The van der Waals surface area contributed by atoms with Crippen molar-refractivity contribution >= 4 is 26.6 Å². The number of sulfone groups is 1. The first-order chi connectivity index (χ1) is 17.3. The van der Waals surface area contributed by atoms with Gasteiger partial charge in [0.25, 0.3) is 11.5 Å². The van der Waals surface area contributed by atoms with Crippen LogP contribution in [0.1, 0.15) is 42.1 Å². The minimum atomic E-state index is -4.39. The van der Waals surface area contributed by atoms with Gasteiger partial charge in [0.1, 0.15) is 0 Å². The van der Waals surface area contributed by atoms with E-state index >= 15 is 0 Å². The third kappa shape index (κ3) is 5.85. The van der Waals surface area contributed by atoms with Crippen LogP contribution in [0.2, 0.25) is 0 Å². The zero-order chi connectivity index (χ0) is 27.0. The molecule has 1 atom stereocenters. The number of amides is 1. The number of benzene rings is 2. The van der Waals surface area contributed by atoms with Gasteiger partial charge in [0.2, 0.25) is 0 Å². The van der Waals surface area contributed by atoms with Crippen LogP contribution in [0.3, 0.4) is 0 Å². The number of hydrogen-bond donors (Lipinski definition) is 2. The molecule has 8 nitrogen and oxygen atoms in total. The van der Waals surface area contributed by atoms with Gasteiger partial charge in [0, 0.05) is 18.7 Å². The van der Waals surface area contributed by atoms with Crippen LogP contribution in [0.4, 0.5) is 13.2 Å². The molecule has 2 heterocycles. The fourth-order valence-electron chi connectivity index (χ4n) is 4.56. The molecule has 0 aliphatic carbocycles. The monoisotopic (exact) mass is 537 g/mol. The van der Waals surface area contributed by atoms with Gasteiger partial charge in [-0.15, -0.1) is 0 Å². The Bertz CT molecular complexity index is 1460. The summed E-state index contributed by atoms with van der Waals surface area (Å²) in [5.41, 5.74) is -1.13. The number of nitrogens with zero attached hydrogens (tertiary/aromatic N) is 2. The van der Waals surface area contributed by atoms with E-state index in [1.165, 1.54) is 47.4 Å². The summed E-state index contributed by atoms with van der Waals surface area (Å²) in [6.07, 6.45) is -3.58. The number of nitrogens with one attached hydrogen (secondary N) is 1. The molecule has 1 aliphatic heterocycles. The van der Waals surface area contributed by atoms with Crippen molar-refractivity contribution in [3.63, 3.8) is 0 Å². The third-order valence-electron chi connectivity index (χ3n) is 6.75. The van der Waals surface area contributed by atoms with Crippen molar-refractivity contribution in [3.05, 3.63) is 70.3 Å². The quantitative estimate of drug-likeness (QED) is 0.497. The number of piperidine rings is 1. The van der Waals surface area contributed by atoms with Crippen LogP contribution in [-0.4, -0.2) is 59.2 Å². The second kappa shape index (κ2) is 9.90. The Kier molecular flexibility index (Phi) is 7.17. The molecule has 0 radical (unpaired) electrons. The molecule has 2 aromatic carbocycles. The van der Waals surface area contributed by atoms with Crippen LogP contribution in [0, 0.1) is 5.92 Å². The molecular weight excluding hydrogens is 511 g/mol. The fraction of sp³-hybridized carbons (Fsp3) is 0.400. The topological polar surface area (TPSA) is 120 Å². The molecule has 1 unspecified atom stereocenters. The Morgan fingerprint density at radius 1 is 1.16 bits per heavy atom. The average molecular weight is 538 g/mol. The van der Waals surface area contributed by atoms with Gasteiger partial charge in [0.05, 0.1) is 39.4 Å². The number of alkyl halides is 3. The van der Waals surface area contributed by atoms with Crippen LogP contribution in [0.25, 0.3) is 10.9 Å². The molecule has 0 saturated carbocycles. The van der Waals surface area contributed by atoms with Crippen molar-refractivity contribution in [2.24, 2.45) is 5.92 Å². The molecule has 3 aromatic rings. The minimum Gasteiger partial charge on any atom is -0.390 e. The lowest BCUT2D eigenvalue weighted by atomic mass is 9.83. The predicted octanol–water partition coefficient (Wildman–Crippen LogP) is 3.45. The van der Waals surface area contributed by atoms with Crippen LogP contribution < -0.4 is 5.56 Å². The van der Waals surface area contributed by atoms with Crippen LogP contribution in [-0.2, 0) is 15.6 Å². The maximum Gasteiger partial charge on any atom is 0.391 e. The minimum absolute atomic E-state index is 0.0391. The molecule has 1 fully saturated rings. The summed E-state index contributed by atoms with van der Waals surface area (Å²) < 4.78 is 64.8. The summed E-state index contributed by atoms with van der Waals surface area (Å²) in [6.45, 7) is 1.26. The van der Waals surface area contributed by atoms with Gasteiger partial charge >= 0.3 is 6.18 Å². The number of likely N-dealkylation sites (tertiary alicyclic amines) is 1. The normalized spacial score (nSPS) is 17.1. The van der Waals surface area contributed by atoms with Crippen LogP contribution in [0.5, 0.6) is 0 Å². The van der Waals surface area contributed by atoms with E-state index in [0.717, 1.165) is 13.3 Å². The molecule has 37 heavy (non-hydrogen) atoms. The predicted molar refractivity (Wildman–Crippen MR) is 130 cm³/mol. The summed E-state index contributed by atoms with van der Waals surface area (Å²) in [4.78, 5) is 32.7. The zero-order valence-electron chi connectivity index (χ0n) is 20.0. The highest BCUT2D eigenvalue weighted by atomic mass is 32.2. The third-order valence-corrected chi connectivity index (χ3v) is 8.46. The van der Waals surface area contributed by atoms with Gasteiger partial charge < -0.3 is 15.0 Å². The molecule has 12 heteroatoms. The molecule has 1 aromatic heterocycles. The number of aromatic nitrogens is 2. The fourth-order valence-corrected chi connectivity index (χ4v) is 6.09. The van der Waals surface area contributed by atoms with Gasteiger partial charge in [0.15, 0.2) is 9.84 Å². The van der Waals surface area contributed by atoms with Crippen molar-refractivity contribution in [1.29, 1.82) is 0 Å². The van der Waals surface area contributed by atoms with Crippen molar-refractivity contribution < 1.29 is 31.5 Å². The average Bonchev–Trinajstić information content (AvgIpc) is 2.83. The summed E-state index contributed by atoms with van der Waals surface area (Å²) in [6, 6.07) is 10.4. The lowest BCUT2D eigenvalue weighted by molar-refractivity contribution is -0.187. The van der Waals surface area contributed by atoms with E-state index in [-0.39, 0.29) is 53.4 Å². The second-order valence-corrected chi connectivity index (χ2v) is 11.5. The number of aromatic amines is 1. The Balaban J connectivity index is 1.43. The van der Waals surface area contributed by atoms with E-state index in [2.05, 4.69) is 9.97 Å². The highest BCUT2D eigenvalue weighted by molar-refractivity contribution is 7.90. The van der Waals surface area contributed by atoms with E-state index in [9.17, 15) is 36.3 Å². The molecule has 198 valence electrons. The summed E-state index contributed by atoms with van der Waals surface area (Å²) >= 11 is 0. The van der Waals surface area contributed by atoms with E-state index in [1.807, 2.05) is 0 Å². The molecule has 4 rings (SSSR count). The number of carbonyl (C=O) groups excluding carboxylic acids is 1. The van der Waals surface area contributed by atoms with Crippen molar-refractivity contribution in [1.82, 2.24) is 14.9 Å². The van der Waals surface area contributed by atoms with E-state index in [1.54, 1.807) is 0 Å². The number of H-pyrrole nitrogens is 1. The number of hydrogen-bond acceptors (Lipinski definition) is 6. The number of aliphatic hydroxyl groups is 1. The van der Waals surface area contributed by atoms with Gasteiger partial charge in [-0.3, -0.25) is 9.59 Å². The van der Waals surface area contributed by atoms with Crippen molar-refractivity contribution in [2.45, 2.75) is 48.6 Å². The van der Waals surface area contributed by atoms with Crippen LogP contribution in [0.15, 0.2) is 58.5 Å². The Labute approximate surface area is 211 Å². The first-order valence-corrected chi connectivity index (χ1v) is 13.3. The van der Waals surface area contributed by atoms with E-state index in [4.69, 9.17) is 0 Å². The molecule has 1 amide bonds. The van der Waals surface area contributed by atoms with Gasteiger partial charge in [-0.25, -0.2) is 13.4 Å². The van der Waals surface area contributed by atoms with Gasteiger partial charge in [-0.05, 0) is 49.1 Å². The van der Waals surface area contributed by atoms with E-state index < -0.39 is 39.5 Å². The Hall–Kier alpha value is -3.25. The summed E-state index contributed by atoms with van der Waals surface area (Å²) in [7, 11) is -3.86. The smallest absolute Gasteiger partial charge is 0.390 e. The highest BCUT2D eigenvalue weighted by Crippen LogP contribution is 2.36. The molecule has 1 saturated heterocycles. The largest absolute Gasteiger partial charge is 0.391 e. The summed E-state index contributed by atoms with van der Waals surface area (Å²) in [5.74, 6) is -2.37. The lowest BCUT2D eigenvalue weighted by Crippen LogP contribution is -2.48. The molecule has 1 aliphatic rings. The number of fused-ring (bicyclic) bond motifs is 1. The Morgan fingerprint density at radius 2 is 1.81 bits per heavy atom. The van der Waals surface area contributed by atoms with Crippen LogP contribution >= 0.6 is 0 Å². The van der Waals surface area contributed by atoms with E-state index in [0.29, 0.717) is 11.1 Å². The summed E-state index contributed by atoms with van der Waals surface area (Å²) in [5, 5.41) is 10.7. The highest BCUT2D eigenvalue weighted by Gasteiger charge is 2.43. The molecule has 2 N–H and O–H groups in total. The van der Waals surface area contributed by atoms with Crippen molar-refractivity contribution in [3.8, 4) is 0 Å². The number of para-hydroxylation sites is 1. The van der Waals surface area contributed by atoms with Gasteiger partial charge in [-0.2, -0.15) is 13.2 Å². The molecular formula is C25H26F3N3O5S. The maximum atomic E-state index is 13.1.